The molecule has 1 aliphatic rings. The van der Waals surface area contributed by atoms with Crippen LogP contribution in [0.25, 0.3) is 0 Å². The highest BCUT2D eigenvalue weighted by Crippen LogP contribution is 2.12. The van der Waals surface area contributed by atoms with E-state index in [-0.39, 0.29) is 11.8 Å². The first-order valence-corrected chi connectivity index (χ1v) is 9.93. The van der Waals surface area contributed by atoms with Crippen molar-refractivity contribution in [3.05, 3.63) is 46.7 Å². The molecule has 1 aliphatic heterocycles. The molecule has 0 bridgehead atoms. The molecule has 1 fully saturated rings. The average Bonchev–Trinajstić information content (AvgIpc) is 3.12. The summed E-state index contributed by atoms with van der Waals surface area (Å²) in [5, 5.41) is 11.4. The fourth-order valence-corrected chi connectivity index (χ4v) is 3.62. The second-order valence-corrected chi connectivity index (χ2v) is 7.59. The number of hydrogen-bond donors (Lipinski definition) is 1. The third kappa shape index (κ3) is 5.22. The molecule has 1 N–H and O–H groups in total. The Morgan fingerprint density at radius 3 is 2.65 bits per heavy atom. The van der Waals surface area contributed by atoms with Crippen molar-refractivity contribution < 1.29 is 9.59 Å². The molecule has 26 heavy (non-hydrogen) atoms. The summed E-state index contributed by atoms with van der Waals surface area (Å²) in [6.45, 7) is 2.38. The monoisotopic (exact) mass is 393 g/mol. The van der Waals surface area contributed by atoms with Gasteiger partial charge in [-0.3, -0.25) is 9.59 Å². The third-order valence-corrected chi connectivity index (χ3v) is 5.19. The van der Waals surface area contributed by atoms with Gasteiger partial charge >= 0.3 is 0 Å². The van der Waals surface area contributed by atoms with Gasteiger partial charge in [-0.25, -0.2) is 4.68 Å². The Hall–Kier alpha value is -2.06. The van der Waals surface area contributed by atoms with Gasteiger partial charge in [0.15, 0.2) is 5.69 Å². The lowest BCUT2D eigenvalue weighted by atomic mass is 10.1. The van der Waals surface area contributed by atoms with Crippen molar-refractivity contribution in [2.24, 2.45) is 0 Å². The van der Waals surface area contributed by atoms with Crippen LogP contribution in [0.2, 0.25) is 5.02 Å². The van der Waals surface area contributed by atoms with Crippen molar-refractivity contribution in [1.82, 2.24) is 25.2 Å². The summed E-state index contributed by atoms with van der Waals surface area (Å²) < 4.78 is 1.58. The standard InChI is InChI=1S/C17H20ClN5O2S/c18-14-3-1-13(2-4-14)11-16(24)19-5-6-23-12-15(20-21-23)17(25)22-7-9-26-10-8-22/h1-4,12H,5-11H2,(H,19,24). The van der Waals surface area contributed by atoms with Gasteiger partial charge in [-0.1, -0.05) is 28.9 Å². The van der Waals surface area contributed by atoms with Crippen LogP contribution in [-0.4, -0.2) is 62.8 Å². The number of aromatic nitrogens is 3. The van der Waals surface area contributed by atoms with Crippen molar-refractivity contribution in [3.8, 4) is 0 Å². The number of thioether (sulfide) groups is 1. The van der Waals surface area contributed by atoms with Crippen LogP contribution < -0.4 is 5.32 Å². The normalized spacial score (nSPS) is 14.3. The molecule has 2 heterocycles. The van der Waals surface area contributed by atoms with E-state index in [1.807, 2.05) is 23.9 Å². The molecule has 1 saturated heterocycles. The van der Waals surface area contributed by atoms with Gasteiger partial charge in [0.1, 0.15) is 0 Å². The zero-order valence-electron chi connectivity index (χ0n) is 14.2. The SMILES string of the molecule is O=C(Cc1ccc(Cl)cc1)NCCn1cc(C(=O)N2CCSCC2)nn1. The largest absolute Gasteiger partial charge is 0.354 e. The molecule has 0 spiro atoms. The Morgan fingerprint density at radius 2 is 1.92 bits per heavy atom. The predicted molar refractivity (Wildman–Crippen MR) is 101 cm³/mol. The van der Waals surface area contributed by atoms with Crippen molar-refractivity contribution in [3.63, 3.8) is 0 Å². The third-order valence-electron chi connectivity index (χ3n) is 4.00. The van der Waals surface area contributed by atoms with Crippen LogP contribution in [-0.2, 0) is 17.8 Å². The van der Waals surface area contributed by atoms with Crippen LogP contribution in [0.4, 0.5) is 0 Å². The highest BCUT2D eigenvalue weighted by atomic mass is 35.5. The molecule has 0 radical (unpaired) electrons. The van der Waals surface area contributed by atoms with Crippen LogP contribution >= 0.6 is 23.4 Å². The van der Waals surface area contributed by atoms with E-state index in [0.29, 0.717) is 30.2 Å². The minimum absolute atomic E-state index is 0.0745. The number of nitrogens with zero attached hydrogens (tertiary/aromatic N) is 4. The summed E-state index contributed by atoms with van der Waals surface area (Å²) in [5.74, 6) is 1.76. The second kappa shape index (κ2) is 9.05. The summed E-state index contributed by atoms with van der Waals surface area (Å²) in [5.41, 5.74) is 1.25. The summed E-state index contributed by atoms with van der Waals surface area (Å²) in [6.07, 6.45) is 1.93. The van der Waals surface area contributed by atoms with E-state index in [1.54, 1.807) is 27.9 Å². The molecular weight excluding hydrogens is 374 g/mol. The number of carbonyl (C=O) groups is 2. The Labute approximate surface area is 161 Å². The lowest BCUT2D eigenvalue weighted by Crippen LogP contribution is -2.38. The zero-order chi connectivity index (χ0) is 18.4. The highest BCUT2D eigenvalue weighted by Gasteiger charge is 2.21. The molecule has 0 atom stereocenters. The molecule has 0 aliphatic carbocycles. The number of carbonyl (C=O) groups excluding carboxylic acids is 2. The van der Waals surface area contributed by atoms with E-state index >= 15 is 0 Å². The second-order valence-electron chi connectivity index (χ2n) is 5.92. The molecule has 1 aromatic carbocycles. The van der Waals surface area contributed by atoms with Gasteiger partial charge in [0.25, 0.3) is 5.91 Å². The van der Waals surface area contributed by atoms with E-state index in [1.165, 1.54) is 0 Å². The summed E-state index contributed by atoms with van der Waals surface area (Å²) in [6, 6.07) is 7.19. The van der Waals surface area contributed by atoms with Crippen LogP contribution in [0, 0.1) is 0 Å². The lowest BCUT2D eigenvalue weighted by Gasteiger charge is -2.25. The van der Waals surface area contributed by atoms with Gasteiger partial charge in [-0.05, 0) is 17.7 Å². The molecule has 0 saturated carbocycles. The van der Waals surface area contributed by atoms with E-state index in [2.05, 4.69) is 15.6 Å². The molecule has 3 rings (SSSR count). The first kappa shape index (κ1) is 18.7. The maximum atomic E-state index is 12.3. The number of halogens is 1. The van der Waals surface area contributed by atoms with Crippen molar-refractivity contribution in [1.29, 1.82) is 0 Å². The molecule has 0 unspecified atom stereocenters. The predicted octanol–water partition coefficient (Wildman–Crippen LogP) is 1.48. The quantitative estimate of drug-likeness (QED) is 0.804. The molecular formula is C17H20ClN5O2S. The lowest BCUT2D eigenvalue weighted by molar-refractivity contribution is -0.120. The molecule has 138 valence electrons. The van der Waals surface area contributed by atoms with E-state index < -0.39 is 0 Å². The molecule has 1 aromatic heterocycles. The minimum Gasteiger partial charge on any atom is -0.354 e. The zero-order valence-corrected chi connectivity index (χ0v) is 15.8. The van der Waals surface area contributed by atoms with Gasteiger partial charge in [-0.2, -0.15) is 11.8 Å². The Bertz CT molecular complexity index is 759. The summed E-state index contributed by atoms with van der Waals surface area (Å²) in [7, 11) is 0. The number of benzene rings is 1. The molecule has 9 heteroatoms. The smallest absolute Gasteiger partial charge is 0.276 e. The van der Waals surface area contributed by atoms with Gasteiger partial charge in [-0.15, -0.1) is 5.10 Å². The topological polar surface area (TPSA) is 80.1 Å². The number of rotatable bonds is 6. The van der Waals surface area contributed by atoms with E-state index in [4.69, 9.17) is 11.6 Å². The van der Waals surface area contributed by atoms with Crippen molar-refractivity contribution in [2.45, 2.75) is 13.0 Å². The Kier molecular flexibility index (Phi) is 6.51. The molecule has 7 nitrogen and oxygen atoms in total. The first-order chi connectivity index (χ1) is 12.6. The van der Waals surface area contributed by atoms with E-state index in [0.717, 1.165) is 30.2 Å². The molecule has 2 amide bonds. The number of amides is 2. The van der Waals surface area contributed by atoms with Gasteiger partial charge in [0, 0.05) is 36.2 Å². The fourth-order valence-electron chi connectivity index (χ4n) is 2.59. The van der Waals surface area contributed by atoms with Crippen molar-refractivity contribution >= 4 is 35.2 Å². The van der Waals surface area contributed by atoms with Crippen LogP contribution in [0.3, 0.4) is 0 Å². The van der Waals surface area contributed by atoms with Crippen LogP contribution in [0.1, 0.15) is 16.1 Å². The minimum atomic E-state index is -0.0803. The maximum Gasteiger partial charge on any atom is 0.276 e. The average molecular weight is 394 g/mol. The van der Waals surface area contributed by atoms with Crippen LogP contribution in [0.15, 0.2) is 30.5 Å². The molecule has 2 aromatic rings. The fraction of sp³-hybridized carbons (Fsp3) is 0.412. The number of hydrogen-bond acceptors (Lipinski definition) is 5. The first-order valence-electron chi connectivity index (χ1n) is 8.40. The van der Waals surface area contributed by atoms with E-state index in [9.17, 15) is 9.59 Å². The highest BCUT2D eigenvalue weighted by molar-refractivity contribution is 7.99. The van der Waals surface area contributed by atoms with Gasteiger partial charge in [0.2, 0.25) is 5.91 Å². The maximum absolute atomic E-state index is 12.3. The Balaban J connectivity index is 1.43. The van der Waals surface area contributed by atoms with Crippen LogP contribution in [0.5, 0.6) is 0 Å². The van der Waals surface area contributed by atoms with Gasteiger partial charge < -0.3 is 10.2 Å². The summed E-state index contributed by atoms with van der Waals surface area (Å²) in [4.78, 5) is 26.1. The summed E-state index contributed by atoms with van der Waals surface area (Å²) >= 11 is 7.68. The van der Waals surface area contributed by atoms with Crippen molar-refractivity contribution in [2.75, 3.05) is 31.1 Å². The number of nitrogens with one attached hydrogen (secondary N) is 1. The van der Waals surface area contributed by atoms with Gasteiger partial charge in [0.05, 0.1) is 19.2 Å². The Morgan fingerprint density at radius 1 is 1.19 bits per heavy atom.